The Bertz CT molecular complexity index is 430. The van der Waals surface area contributed by atoms with Gasteiger partial charge in [0.1, 0.15) is 11.4 Å². The van der Waals surface area contributed by atoms with E-state index >= 15 is 0 Å². The average molecular weight is 221 g/mol. The van der Waals surface area contributed by atoms with Crippen molar-refractivity contribution in [2.24, 2.45) is 5.73 Å². The summed E-state index contributed by atoms with van der Waals surface area (Å²) in [5.41, 5.74) is 6.85. The lowest BCUT2D eigenvalue weighted by Crippen LogP contribution is -2.47. The predicted molar refractivity (Wildman–Crippen MR) is 60.5 cm³/mol. The Hall–Kier alpha value is -1.22. The lowest BCUT2D eigenvalue weighted by Gasteiger charge is -2.33. The van der Waals surface area contributed by atoms with Crippen LogP contribution >= 0.6 is 0 Å². The average Bonchev–Trinajstić information content (AvgIpc) is 2.22. The van der Waals surface area contributed by atoms with Crippen molar-refractivity contribution in [1.29, 1.82) is 0 Å². The van der Waals surface area contributed by atoms with Gasteiger partial charge in [0.25, 0.3) is 0 Å². The Morgan fingerprint density at radius 2 is 2.12 bits per heavy atom. The van der Waals surface area contributed by atoms with Gasteiger partial charge in [-0.1, -0.05) is 12.5 Å². The first-order valence-corrected chi connectivity index (χ1v) is 5.63. The van der Waals surface area contributed by atoms with E-state index in [0.29, 0.717) is 12.8 Å². The minimum absolute atomic E-state index is 0.0773. The van der Waals surface area contributed by atoms with Crippen molar-refractivity contribution in [1.82, 2.24) is 0 Å². The molecule has 0 spiro atoms. The summed E-state index contributed by atoms with van der Waals surface area (Å²) in [6.07, 6.45) is 3.07. The molecule has 0 aromatic heterocycles. The van der Waals surface area contributed by atoms with Crippen molar-refractivity contribution in [2.45, 2.75) is 38.1 Å². The molecule has 0 radical (unpaired) electrons. The van der Waals surface area contributed by atoms with E-state index in [1.807, 2.05) is 0 Å². The van der Waals surface area contributed by atoms with Crippen LogP contribution in [0.4, 0.5) is 4.39 Å². The first-order chi connectivity index (χ1) is 7.54. The lowest BCUT2D eigenvalue weighted by molar-refractivity contribution is -0.126. The number of halogens is 1. The van der Waals surface area contributed by atoms with Crippen LogP contribution in [0.5, 0.6) is 0 Å². The molecular weight excluding hydrogens is 205 g/mol. The van der Waals surface area contributed by atoms with Gasteiger partial charge in [-0.15, -0.1) is 0 Å². The molecule has 0 unspecified atom stereocenters. The summed E-state index contributed by atoms with van der Waals surface area (Å²) in [5, 5.41) is 0. The minimum Gasteiger partial charge on any atom is -0.315 e. The van der Waals surface area contributed by atoms with Gasteiger partial charge in [-0.3, -0.25) is 4.79 Å². The van der Waals surface area contributed by atoms with Crippen molar-refractivity contribution < 1.29 is 9.18 Å². The third-order valence-electron chi connectivity index (χ3n) is 3.39. The van der Waals surface area contributed by atoms with Gasteiger partial charge in [-0.05, 0) is 43.0 Å². The lowest BCUT2D eigenvalue weighted by atomic mass is 9.75. The molecular formula is C13H16FNO. The summed E-state index contributed by atoms with van der Waals surface area (Å²) < 4.78 is 13.0. The molecule has 1 fully saturated rings. The molecule has 1 aliphatic carbocycles. The monoisotopic (exact) mass is 221 g/mol. The Kier molecular flexibility index (Phi) is 2.80. The summed E-state index contributed by atoms with van der Waals surface area (Å²) >= 11 is 0. The topological polar surface area (TPSA) is 43.1 Å². The Morgan fingerprint density at radius 3 is 2.75 bits per heavy atom. The molecule has 0 saturated heterocycles. The van der Waals surface area contributed by atoms with Gasteiger partial charge in [0.05, 0.1) is 0 Å². The highest BCUT2D eigenvalue weighted by Crippen LogP contribution is 2.33. The molecule has 0 bridgehead atoms. The molecule has 1 aliphatic rings. The van der Waals surface area contributed by atoms with Gasteiger partial charge in [0, 0.05) is 6.42 Å². The number of nitrogens with two attached hydrogens (primary N) is 1. The molecule has 0 aliphatic heterocycles. The number of hydrogen-bond acceptors (Lipinski definition) is 2. The maximum atomic E-state index is 13.0. The number of carbonyl (C=O) groups is 1. The molecule has 0 heterocycles. The number of rotatable bonds is 1. The van der Waals surface area contributed by atoms with Crippen molar-refractivity contribution in [3.05, 3.63) is 35.1 Å². The molecule has 1 aromatic rings. The predicted octanol–water partition coefficient (Wildman–Crippen LogP) is 2.43. The van der Waals surface area contributed by atoms with Crippen molar-refractivity contribution in [3.63, 3.8) is 0 Å². The fourth-order valence-electron chi connectivity index (χ4n) is 2.46. The van der Waals surface area contributed by atoms with Crippen LogP contribution in [0.1, 0.15) is 36.8 Å². The normalized spacial score (nSPS) is 25.8. The maximum Gasteiger partial charge on any atom is 0.157 e. The Morgan fingerprint density at radius 1 is 1.38 bits per heavy atom. The second-order valence-corrected chi connectivity index (χ2v) is 4.56. The van der Waals surface area contributed by atoms with E-state index in [9.17, 15) is 9.18 Å². The molecule has 1 aromatic carbocycles. The number of benzene rings is 1. The number of hydrogen-bond donors (Lipinski definition) is 1. The fourth-order valence-corrected chi connectivity index (χ4v) is 2.46. The highest BCUT2D eigenvalue weighted by molar-refractivity contribution is 5.90. The van der Waals surface area contributed by atoms with Crippen LogP contribution in [0.2, 0.25) is 0 Å². The van der Waals surface area contributed by atoms with Crippen molar-refractivity contribution >= 4 is 5.78 Å². The molecule has 2 rings (SSSR count). The van der Waals surface area contributed by atoms with Crippen LogP contribution in [0.25, 0.3) is 0 Å². The van der Waals surface area contributed by atoms with Gasteiger partial charge >= 0.3 is 0 Å². The van der Waals surface area contributed by atoms with Crippen LogP contribution < -0.4 is 5.73 Å². The largest absolute Gasteiger partial charge is 0.315 e. The van der Waals surface area contributed by atoms with E-state index in [2.05, 4.69) is 0 Å². The quantitative estimate of drug-likeness (QED) is 0.791. The minimum atomic E-state index is -0.893. The summed E-state index contributed by atoms with van der Waals surface area (Å²) in [6.45, 7) is 1.80. The molecule has 0 amide bonds. The van der Waals surface area contributed by atoms with Crippen LogP contribution in [0.15, 0.2) is 18.2 Å². The van der Waals surface area contributed by atoms with Crippen LogP contribution in [-0.4, -0.2) is 5.78 Å². The van der Waals surface area contributed by atoms with E-state index in [1.54, 1.807) is 13.0 Å². The zero-order chi connectivity index (χ0) is 11.8. The number of Topliss-reactive ketones (excluding diaryl/α,β-unsaturated/α-hetero) is 1. The van der Waals surface area contributed by atoms with Gasteiger partial charge in [0.15, 0.2) is 5.78 Å². The van der Waals surface area contributed by atoms with E-state index in [4.69, 9.17) is 5.73 Å². The van der Waals surface area contributed by atoms with Crippen molar-refractivity contribution in [2.75, 3.05) is 0 Å². The summed E-state index contributed by atoms with van der Waals surface area (Å²) in [5.74, 6) is -0.207. The summed E-state index contributed by atoms with van der Waals surface area (Å²) in [6, 6.07) is 4.46. The van der Waals surface area contributed by atoms with Gasteiger partial charge < -0.3 is 5.73 Å². The SMILES string of the molecule is Cc1cc(F)ccc1[C@@]1(N)CCCCC1=O. The second kappa shape index (κ2) is 3.98. The summed E-state index contributed by atoms with van der Waals surface area (Å²) in [7, 11) is 0. The van der Waals surface area contributed by atoms with E-state index in [0.717, 1.165) is 24.0 Å². The van der Waals surface area contributed by atoms with Gasteiger partial charge in [-0.2, -0.15) is 0 Å². The molecule has 1 atom stereocenters. The third-order valence-corrected chi connectivity index (χ3v) is 3.39. The molecule has 16 heavy (non-hydrogen) atoms. The second-order valence-electron chi connectivity index (χ2n) is 4.56. The zero-order valence-corrected chi connectivity index (χ0v) is 9.42. The Balaban J connectivity index is 2.45. The first-order valence-electron chi connectivity index (χ1n) is 5.63. The third kappa shape index (κ3) is 1.76. The molecule has 1 saturated carbocycles. The van der Waals surface area contributed by atoms with Crippen LogP contribution in [-0.2, 0) is 10.3 Å². The molecule has 2 nitrogen and oxygen atoms in total. The van der Waals surface area contributed by atoms with E-state index < -0.39 is 5.54 Å². The number of aryl methyl sites for hydroxylation is 1. The van der Waals surface area contributed by atoms with E-state index in [1.165, 1.54) is 12.1 Å². The van der Waals surface area contributed by atoms with Crippen LogP contribution in [0, 0.1) is 12.7 Å². The summed E-state index contributed by atoms with van der Waals surface area (Å²) in [4.78, 5) is 11.9. The smallest absolute Gasteiger partial charge is 0.157 e. The van der Waals surface area contributed by atoms with Crippen molar-refractivity contribution in [3.8, 4) is 0 Å². The standard InChI is InChI=1S/C13H16FNO/c1-9-8-10(14)5-6-11(9)13(15)7-3-2-4-12(13)16/h5-6,8H,2-4,7,15H2,1H3/t13-/m0/s1. The van der Waals surface area contributed by atoms with E-state index in [-0.39, 0.29) is 11.6 Å². The molecule has 86 valence electrons. The number of carbonyl (C=O) groups excluding carboxylic acids is 1. The number of ketones is 1. The van der Waals surface area contributed by atoms with Gasteiger partial charge in [0.2, 0.25) is 0 Å². The highest BCUT2D eigenvalue weighted by atomic mass is 19.1. The molecule has 2 N–H and O–H groups in total. The van der Waals surface area contributed by atoms with Crippen LogP contribution in [0.3, 0.4) is 0 Å². The Labute approximate surface area is 94.6 Å². The molecule has 3 heteroatoms. The zero-order valence-electron chi connectivity index (χ0n) is 9.42. The maximum absolute atomic E-state index is 13.0. The van der Waals surface area contributed by atoms with Gasteiger partial charge in [-0.25, -0.2) is 4.39 Å². The highest BCUT2D eigenvalue weighted by Gasteiger charge is 2.38. The fraction of sp³-hybridized carbons (Fsp3) is 0.462. The first kappa shape index (κ1) is 11.3.